The molecule has 1 fully saturated rings. The number of fused-ring (bicyclic) bond motifs is 1. The molecular formula is C17H23ClO2. The van der Waals surface area contributed by atoms with Crippen molar-refractivity contribution >= 4 is 11.6 Å². The fourth-order valence-corrected chi connectivity index (χ4v) is 3.13. The largest absolute Gasteiger partial charge is 0.489 e. The maximum Gasteiger partial charge on any atom is 0.180 e. The highest BCUT2D eigenvalue weighted by Gasteiger charge is 2.34. The van der Waals surface area contributed by atoms with Gasteiger partial charge in [0.05, 0.1) is 18.2 Å². The zero-order chi connectivity index (χ0) is 14.3. The lowest BCUT2D eigenvalue weighted by atomic mass is 9.73. The lowest BCUT2D eigenvalue weighted by Gasteiger charge is -2.36. The summed E-state index contributed by atoms with van der Waals surface area (Å²) in [6.45, 7) is 8.36. The molecule has 1 aromatic carbocycles. The van der Waals surface area contributed by atoms with Crippen molar-refractivity contribution in [3.05, 3.63) is 22.7 Å². The van der Waals surface area contributed by atoms with Crippen molar-refractivity contribution in [2.24, 2.45) is 11.3 Å². The van der Waals surface area contributed by atoms with Crippen molar-refractivity contribution in [1.82, 2.24) is 0 Å². The van der Waals surface area contributed by atoms with Gasteiger partial charge in [-0.3, -0.25) is 0 Å². The number of halogens is 1. The summed E-state index contributed by atoms with van der Waals surface area (Å²) in [7, 11) is 0. The molecule has 110 valence electrons. The Balaban J connectivity index is 1.94. The summed E-state index contributed by atoms with van der Waals surface area (Å²) in [4.78, 5) is 0. The Morgan fingerprint density at radius 3 is 2.65 bits per heavy atom. The summed E-state index contributed by atoms with van der Waals surface area (Å²) >= 11 is 6.32. The van der Waals surface area contributed by atoms with Gasteiger partial charge in [-0.1, -0.05) is 38.4 Å². The summed E-state index contributed by atoms with van der Waals surface area (Å²) in [6, 6.07) is 4.06. The lowest BCUT2D eigenvalue weighted by molar-refractivity contribution is 0.191. The predicted octanol–water partition coefficient (Wildman–Crippen LogP) is 5.04. The maximum absolute atomic E-state index is 6.32. The third-order valence-corrected chi connectivity index (χ3v) is 4.63. The van der Waals surface area contributed by atoms with Crippen LogP contribution < -0.4 is 9.47 Å². The van der Waals surface area contributed by atoms with Crippen LogP contribution in [-0.4, -0.2) is 13.2 Å². The van der Waals surface area contributed by atoms with E-state index in [0.29, 0.717) is 16.9 Å². The molecule has 0 aromatic heterocycles. The van der Waals surface area contributed by atoms with Gasteiger partial charge in [0.15, 0.2) is 11.5 Å². The van der Waals surface area contributed by atoms with Crippen LogP contribution >= 0.6 is 11.6 Å². The molecule has 1 atom stereocenters. The van der Waals surface area contributed by atoms with E-state index in [1.54, 1.807) is 0 Å². The minimum Gasteiger partial charge on any atom is -0.489 e. The van der Waals surface area contributed by atoms with E-state index in [2.05, 4.69) is 26.8 Å². The van der Waals surface area contributed by atoms with Gasteiger partial charge < -0.3 is 9.47 Å². The van der Waals surface area contributed by atoms with Crippen LogP contribution in [0.2, 0.25) is 5.02 Å². The molecule has 1 aliphatic carbocycles. The van der Waals surface area contributed by atoms with Crippen molar-refractivity contribution in [3.8, 4) is 11.5 Å². The first-order valence-electron chi connectivity index (χ1n) is 7.55. The molecule has 3 rings (SSSR count). The Labute approximate surface area is 126 Å². The van der Waals surface area contributed by atoms with Crippen molar-refractivity contribution in [1.29, 1.82) is 0 Å². The van der Waals surface area contributed by atoms with Gasteiger partial charge in [0, 0.05) is 5.56 Å². The summed E-state index contributed by atoms with van der Waals surface area (Å²) in [5.41, 5.74) is 1.47. The van der Waals surface area contributed by atoms with Crippen molar-refractivity contribution in [3.63, 3.8) is 0 Å². The highest BCUT2D eigenvalue weighted by molar-refractivity contribution is 6.32. The molecule has 0 radical (unpaired) electrons. The van der Waals surface area contributed by atoms with Gasteiger partial charge in [-0.05, 0) is 42.6 Å². The molecule has 1 aliphatic heterocycles. The molecule has 0 N–H and O–H groups in total. The average molecular weight is 295 g/mol. The highest BCUT2D eigenvalue weighted by Crippen LogP contribution is 2.50. The SMILES string of the molecule is CC(C)(C)[C@H]1CCOc2c1ccc(Cl)c2OCC1CC1. The third kappa shape index (κ3) is 2.76. The second kappa shape index (κ2) is 5.14. The van der Waals surface area contributed by atoms with E-state index in [0.717, 1.165) is 31.1 Å². The fraction of sp³-hybridized carbons (Fsp3) is 0.647. The van der Waals surface area contributed by atoms with Crippen molar-refractivity contribution in [2.45, 2.75) is 46.0 Å². The zero-order valence-electron chi connectivity index (χ0n) is 12.5. The Bertz CT molecular complexity index is 500. The summed E-state index contributed by atoms with van der Waals surface area (Å²) in [5.74, 6) is 2.84. The van der Waals surface area contributed by atoms with Crippen LogP contribution in [0.3, 0.4) is 0 Å². The number of rotatable bonds is 3. The molecule has 0 saturated heterocycles. The Morgan fingerprint density at radius 2 is 2.00 bits per heavy atom. The number of hydrogen-bond donors (Lipinski definition) is 0. The van der Waals surface area contributed by atoms with E-state index in [9.17, 15) is 0 Å². The maximum atomic E-state index is 6.32. The molecule has 1 aromatic rings. The average Bonchev–Trinajstić information content (AvgIpc) is 3.19. The summed E-state index contributed by atoms with van der Waals surface area (Å²) < 4.78 is 11.9. The molecule has 2 nitrogen and oxygen atoms in total. The van der Waals surface area contributed by atoms with Gasteiger partial charge in [0.2, 0.25) is 0 Å². The minimum atomic E-state index is 0.222. The van der Waals surface area contributed by atoms with Crippen LogP contribution in [0.15, 0.2) is 12.1 Å². The lowest BCUT2D eigenvalue weighted by Crippen LogP contribution is -2.25. The summed E-state index contributed by atoms with van der Waals surface area (Å²) in [5, 5.41) is 0.666. The van der Waals surface area contributed by atoms with Crippen molar-refractivity contribution < 1.29 is 9.47 Å². The van der Waals surface area contributed by atoms with Gasteiger partial charge in [0.1, 0.15) is 0 Å². The van der Waals surface area contributed by atoms with Gasteiger partial charge in [0.25, 0.3) is 0 Å². The normalized spacial score (nSPS) is 22.1. The van der Waals surface area contributed by atoms with Gasteiger partial charge in [-0.25, -0.2) is 0 Å². The van der Waals surface area contributed by atoms with E-state index in [1.165, 1.54) is 18.4 Å². The molecular weight excluding hydrogens is 272 g/mol. The first-order chi connectivity index (χ1) is 9.47. The molecule has 0 amide bonds. The molecule has 0 bridgehead atoms. The molecule has 0 unspecified atom stereocenters. The molecule has 0 spiro atoms. The highest BCUT2D eigenvalue weighted by atomic mass is 35.5. The quantitative estimate of drug-likeness (QED) is 0.777. The standard InChI is InChI=1S/C17H23ClO2/c1-17(2,3)13-8-9-19-15-12(13)6-7-14(18)16(15)20-10-11-4-5-11/h6-7,11,13H,4-5,8-10H2,1-3H3/t13-/m0/s1. The van der Waals surface area contributed by atoms with Crippen LogP contribution in [0.5, 0.6) is 11.5 Å². The smallest absolute Gasteiger partial charge is 0.180 e. The minimum absolute atomic E-state index is 0.222. The van der Waals surface area contributed by atoms with E-state index in [1.807, 2.05) is 6.07 Å². The van der Waals surface area contributed by atoms with Gasteiger partial charge in [-0.15, -0.1) is 0 Å². The summed E-state index contributed by atoms with van der Waals surface area (Å²) in [6.07, 6.45) is 3.61. The zero-order valence-corrected chi connectivity index (χ0v) is 13.3. The Hall–Kier alpha value is -0.890. The number of benzene rings is 1. The third-order valence-electron chi connectivity index (χ3n) is 4.33. The number of hydrogen-bond acceptors (Lipinski definition) is 2. The second-order valence-corrected chi connectivity index (χ2v) is 7.51. The van der Waals surface area contributed by atoms with E-state index < -0.39 is 0 Å². The van der Waals surface area contributed by atoms with Gasteiger partial charge >= 0.3 is 0 Å². The molecule has 1 heterocycles. The van der Waals surface area contributed by atoms with E-state index in [-0.39, 0.29) is 5.41 Å². The van der Waals surface area contributed by atoms with Gasteiger partial charge in [-0.2, -0.15) is 0 Å². The van der Waals surface area contributed by atoms with Crippen LogP contribution in [0.4, 0.5) is 0 Å². The monoisotopic (exact) mass is 294 g/mol. The van der Waals surface area contributed by atoms with Crippen molar-refractivity contribution in [2.75, 3.05) is 13.2 Å². The van der Waals surface area contributed by atoms with Crippen LogP contribution in [-0.2, 0) is 0 Å². The van der Waals surface area contributed by atoms with Crippen LogP contribution in [0.25, 0.3) is 0 Å². The molecule has 20 heavy (non-hydrogen) atoms. The first kappa shape index (κ1) is 14.1. The van der Waals surface area contributed by atoms with E-state index in [4.69, 9.17) is 21.1 Å². The van der Waals surface area contributed by atoms with Crippen LogP contribution in [0.1, 0.15) is 51.5 Å². The molecule has 3 heteroatoms. The Kier molecular flexibility index (Phi) is 3.62. The predicted molar refractivity (Wildman–Crippen MR) is 82.0 cm³/mol. The Morgan fingerprint density at radius 1 is 1.25 bits per heavy atom. The van der Waals surface area contributed by atoms with Crippen LogP contribution in [0, 0.1) is 11.3 Å². The second-order valence-electron chi connectivity index (χ2n) is 7.10. The fourth-order valence-electron chi connectivity index (χ4n) is 2.93. The van der Waals surface area contributed by atoms with E-state index >= 15 is 0 Å². The molecule has 1 saturated carbocycles. The molecule has 2 aliphatic rings. The first-order valence-corrected chi connectivity index (χ1v) is 7.92. The number of ether oxygens (including phenoxy) is 2. The topological polar surface area (TPSA) is 18.5 Å².